The number of benzene rings is 2. The first kappa shape index (κ1) is 17.0. The smallest absolute Gasteiger partial charge is 0.311 e. The predicted molar refractivity (Wildman–Crippen MR) is 101 cm³/mol. The number of anilines is 1. The Morgan fingerprint density at radius 2 is 1.59 bits per heavy atom. The van der Waals surface area contributed by atoms with Gasteiger partial charge in [0.25, 0.3) is 11.8 Å². The van der Waals surface area contributed by atoms with Crippen LogP contribution < -0.4 is 10.2 Å². The van der Waals surface area contributed by atoms with Crippen molar-refractivity contribution >= 4 is 23.5 Å². The van der Waals surface area contributed by atoms with Crippen molar-refractivity contribution in [3.05, 3.63) is 77.9 Å². The van der Waals surface area contributed by atoms with Gasteiger partial charge in [-0.05, 0) is 18.6 Å². The second-order valence-electron chi connectivity index (χ2n) is 6.92. The summed E-state index contributed by atoms with van der Waals surface area (Å²) in [5.41, 5.74) is 1.05. The zero-order valence-electron chi connectivity index (χ0n) is 14.9. The zero-order chi connectivity index (χ0) is 19.2. The number of amides is 4. The lowest BCUT2D eigenvalue weighted by molar-refractivity contribution is -0.138. The second-order valence-corrected chi connectivity index (χ2v) is 6.92. The highest BCUT2D eigenvalue weighted by atomic mass is 16.2. The minimum atomic E-state index is -1.70. The SMILES string of the molecule is C=C(C)CN1C(=O)NC2(C1=O)C(=O)N(Cc1ccccc1)c1ccccc12. The molecule has 0 bridgehead atoms. The fourth-order valence-electron chi connectivity index (χ4n) is 3.69. The van der Waals surface area contributed by atoms with E-state index in [1.54, 1.807) is 30.0 Å². The number of nitrogens with zero attached hydrogens (tertiary/aromatic N) is 2. The number of nitrogens with one attached hydrogen (secondary N) is 1. The Bertz CT molecular complexity index is 970. The molecular formula is C21H19N3O3. The summed E-state index contributed by atoms with van der Waals surface area (Å²) in [5.74, 6) is -0.987. The quantitative estimate of drug-likeness (QED) is 0.517. The van der Waals surface area contributed by atoms with Crippen LogP contribution in [0.5, 0.6) is 0 Å². The summed E-state index contributed by atoms with van der Waals surface area (Å²) in [7, 11) is 0. The number of imide groups is 1. The molecule has 1 spiro atoms. The standard InChI is InChI=1S/C21H19N3O3/c1-14(2)12-24-19(26)21(22-20(24)27)16-10-6-7-11-17(16)23(18(21)25)13-15-8-4-3-5-9-15/h3-11H,1,12-13H2,2H3,(H,22,27). The van der Waals surface area contributed by atoms with Crippen LogP contribution in [0.1, 0.15) is 18.1 Å². The van der Waals surface area contributed by atoms with Gasteiger partial charge < -0.3 is 10.2 Å². The van der Waals surface area contributed by atoms with Crippen LogP contribution in [0.15, 0.2) is 66.7 Å². The lowest BCUT2D eigenvalue weighted by atomic mass is 9.91. The van der Waals surface area contributed by atoms with Gasteiger partial charge in [0.15, 0.2) is 0 Å². The summed E-state index contributed by atoms with van der Waals surface area (Å²) in [5, 5.41) is 2.66. The molecule has 1 N–H and O–H groups in total. The van der Waals surface area contributed by atoms with E-state index in [2.05, 4.69) is 11.9 Å². The van der Waals surface area contributed by atoms with Crippen LogP contribution in [0.2, 0.25) is 0 Å². The fourth-order valence-corrected chi connectivity index (χ4v) is 3.69. The molecule has 27 heavy (non-hydrogen) atoms. The van der Waals surface area contributed by atoms with Crippen molar-refractivity contribution in [1.82, 2.24) is 10.2 Å². The van der Waals surface area contributed by atoms with Crippen LogP contribution in [0.25, 0.3) is 0 Å². The molecule has 4 amide bonds. The summed E-state index contributed by atoms with van der Waals surface area (Å²) in [6.45, 7) is 5.91. The van der Waals surface area contributed by atoms with E-state index in [0.717, 1.165) is 10.5 Å². The van der Waals surface area contributed by atoms with Gasteiger partial charge >= 0.3 is 6.03 Å². The van der Waals surface area contributed by atoms with Crippen LogP contribution in [-0.4, -0.2) is 29.3 Å². The van der Waals surface area contributed by atoms with Gasteiger partial charge in [0.1, 0.15) is 0 Å². The molecule has 1 unspecified atom stereocenters. The molecule has 0 aliphatic carbocycles. The lowest BCUT2D eigenvalue weighted by Gasteiger charge is -2.22. The highest BCUT2D eigenvalue weighted by Crippen LogP contribution is 2.44. The Morgan fingerprint density at radius 1 is 0.963 bits per heavy atom. The first-order chi connectivity index (χ1) is 12.9. The largest absolute Gasteiger partial charge is 0.326 e. The van der Waals surface area contributed by atoms with Crippen LogP contribution in [-0.2, 0) is 21.7 Å². The van der Waals surface area contributed by atoms with Gasteiger partial charge in [-0.25, -0.2) is 4.79 Å². The molecule has 1 atom stereocenters. The van der Waals surface area contributed by atoms with Crippen molar-refractivity contribution in [1.29, 1.82) is 0 Å². The summed E-state index contributed by atoms with van der Waals surface area (Å²) >= 11 is 0. The third-order valence-corrected chi connectivity index (χ3v) is 4.88. The van der Waals surface area contributed by atoms with Crippen LogP contribution in [0.3, 0.4) is 0 Å². The molecule has 1 saturated heterocycles. The molecule has 2 heterocycles. The van der Waals surface area contributed by atoms with E-state index in [4.69, 9.17) is 0 Å². The number of carbonyl (C=O) groups is 3. The molecule has 4 rings (SSSR count). The fraction of sp³-hybridized carbons (Fsp3) is 0.190. The minimum Gasteiger partial charge on any atom is -0.311 e. The van der Waals surface area contributed by atoms with Crippen LogP contribution >= 0.6 is 0 Å². The molecule has 2 aromatic carbocycles. The normalized spacial score (nSPS) is 21.0. The van der Waals surface area contributed by atoms with Crippen molar-refractivity contribution in [3.63, 3.8) is 0 Å². The average Bonchev–Trinajstić information content (AvgIpc) is 3.04. The molecule has 136 valence electrons. The number of fused-ring (bicyclic) bond motifs is 2. The molecule has 6 nitrogen and oxygen atoms in total. The van der Waals surface area contributed by atoms with Crippen molar-refractivity contribution in [2.45, 2.75) is 19.0 Å². The number of hydrogen-bond acceptors (Lipinski definition) is 3. The van der Waals surface area contributed by atoms with Crippen molar-refractivity contribution in [3.8, 4) is 0 Å². The molecule has 0 radical (unpaired) electrons. The number of rotatable bonds is 4. The lowest BCUT2D eigenvalue weighted by Crippen LogP contribution is -2.52. The molecule has 0 saturated carbocycles. The van der Waals surface area contributed by atoms with E-state index in [-0.39, 0.29) is 6.54 Å². The van der Waals surface area contributed by atoms with Crippen molar-refractivity contribution in [2.75, 3.05) is 11.4 Å². The van der Waals surface area contributed by atoms with Gasteiger partial charge in [-0.15, -0.1) is 0 Å². The average molecular weight is 361 g/mol. The topological polar surface area (TPSA) is 69.7 Å². The second kappa shape index (κ2) is 6.09. The highest BCUT2D eigenvalue weighted by Gasteiger charge is 2.63. The van der Waals surface area contributed by atoms with Gasteiger partial charge in [0.2, 0.25) is 5.54 Å². The maximum absolute atomic E-state index is 13.4. The van der Waals surface area contributed by atoms with E-state index in [1.807, 2.05) is 36.4 Å². The van der Waals surface area contributed by atoms with E-state index in [1.165, 1.54) is 0 Å². The van der Waals surface area contributed by atoms with E-state index in [9.17, 15) is 14.4 Å². The molecule has 0 aromatic heterocycles. The Balaban J connectivity index is 1.79. The Morgan fingerprint density at radius 3 is 2.30 bits per heavy atom. The van der Waals surface area contributed by atoms with Gasteiger partial charge in [0.05, 0.1) is 18.8 Å². The van der Waals surface area contributed by atoms with Gasteiger partial charge in [0, 0.05) is 5.56 Å². The number of carbonyl (C=O) groups excluding carboxylic acids is 3. The van der Waals surface area contributed by atoms with Gasteiger partial charge in [-0.1, -0.05) is 60.7 Å². The monoisotopic (exact) mass is 361 g/mol. The van der Waals surface area contributed by atoms with E-state index in [0.29, 0.717) is 23.4 Å². The Labute approximate surface area is 157 Å². The third-order valence-electron chi connectivity index (χ3n) is 4.88. The highest BCUT2D eigenvalue weighted by molar-refractivity contribution is 6.27. The molecule has 6 heteroatoms. The van der Waals surface area contributed by atoms with Crippen LogP contribution in [0, 0.1) is 0 Å². The van der Waals surface area contributed by atoms with Gasteiger partial charge in [-0.2, -0.15) is 0 Å². The zero-order valence-corrected chi connectivity index (χ0v) is 14.9. The van der Waals surface area contributed by atoms with E-state index >= 15 is 0 Å². The Hall–Kier alpha value is -3.41. The molecule has 2 aliphatic rings. The number of urea groups is 1. The minimum absolute atomic E-state index is 0.0839. The first-order valence-electron chi connectivity index (χ1n) is 8.69. The van der Waals surface area contributed by atoms with Crippen LogP contribution in [0.4, 0.5) is 10.5 Å². The van der Waals surface area contributed by atoms with Crippen molar-refractivity contribution in [2.24, 2.45) is 0 Å². The molecule has 2 aromatic rings. The maximum Gasteiger partial charge on any atom is 0.326 e. The number of hydrogen-bond donors (Lipinski definition) is 1. The summed E-state index contributed by atoms with van der Waals surface area (Å²) in [6, 6.07) is 16.1. The predicted octanol–water partition coefficient (Wildman–Crippen LogP) is 2.56. The van der Waals surface area contributed by atoms with E-state index < -0.39 is 23.4 Å². The molecule has 1 fully saturated rings. The van der Waals surface area contributed by atoms with Crippen molar-refractivity contribution < 1.29 is 14.4 Å². The van der Waals surface area contributed by atoms with Gasteiger partial charge in [-0.3, -0.25) is 14.5 Å². The maximum atomic E-state index is 13.4. The Kier molecular flexibility index (Phi) is 3.84. The summed E-state index contributed by atoms with van der Waals surface area (Å²) in [4.78, 5) is 41.7. The summed E-state index contributed by atoms with van der Waals surface area (Å²) < 4.78 is 0. The first-order valence-corrected chi connectivity index (χ1v) is 8.69. The molecular weight excluding hydrogens is 342 g/mol. The third kappa shape index (κ3) is 2.44. The summed E-state index contributed by atoms with van der Waals surface area (Å²) in [6.07, 6.45) is 0. The molecule has 2 aliphatic heterocycles. The number of para-hydroxylation sites is 1.